The van der Waals surface area contributed by atoms with Gasteiger partial charge < -0.3 is 20.8 Å². The molecule has 4 N–H and O–H groups in total. The summed E-state index contributed by atoms with van der Waals surface area (Å²) in [6.07, 6.45) is -6.75. The third-order valence-corrected chi connectivity index (χ3v) is 2.37. The first-order valence-electron chi connectivity index (χ1n) is 5.63. The monoisotopic (exact) mass is 338 g/mol. The van der Waals surface area contributed by atoms with Gasteiger partial charge in [-0.2, -0.15) is 26.3 Å². The number of aliphatic carboxylic acids is 2. The fourth-order valence-corrected chi connectivity index (χ4v) is 1.38. The van der Waals surface area contributed by atoms with Crippen LogP contribution in [0.1, 0.15) is 6.42 Å². The second-order valence-electron chi connectivity index (χ2n) is 4.03. The number of rotatable bonds is 0. The average molecular weight is 338 g/mol. The van der Waals surface area contributed by atoms with Crippen molar-refractivity contribution < 1.29 is 46.1 Å². The molecule has 0 aromatic carbocycles. The first kappa shape index (κ1) is 19.9. The van der Waals surface area contributed by atoms with Crippen molar-refractivity contribution in [2.24, 2.45) is 5.92 Å². The average Bonchev–Trinajstić information content (AvgIpc) is 2.89. The van der Waals surface area contributed by atoms with Gasteiger partial charge in [0, 0.05) is 30.9 Å². The van der Waals surface area contributed by atoms with E-state index in [1.165, 1.54) is 18.7 Å². The largest absolute Gasteiger partial charge is 0.490 e. The molecule has 1 fully saturated rings. The molecule has 0 radical (unpaired) electrons. The molecule has 0 aliphatic carbocycles. The third-order valence-electron chi connectivity index (χ3n) is 2.37. The SMILES string of the molecule is C1=C2NCCC2CN1.O=C(O)C(F)(F)F.O=C(O)C(F)(F)F. The Bertz CT molecular complexity index is 408. The van der Waals surface area contributed by atoms with Gasteiger partial charge in [0.25, 0.3) is 0 Å². The van der Waals surface area contributed by atoms with Crippen LogP contribution in [0.25, 0.3) is 0 Å². The Labute approximate surface area is 119 Å². The van der Waals surface area contributed by atoms with Crippen LogP contribution in [0.5, 0.6) is 0 Å². The van der Waals surface area contributed by atoms with Crippen molar-refractivity contribution in [2.45, 2.75) is 18.8 Å². The summed E-state index contributed by atoms with van der Waals surface area (Å²) in [7, 11) is 0. The van der Waals surface area contributed by atoms with Crippen molar-refractivity contribution >= 4 is 11.9 Å². The highest BCUT2D eigenvalue weighted by Crippen LogP contribution is 2.20. The lowest BCUT2D eigenvalue weighted by Crippen LogP contribution is -2.21. The molecule has 22 heavy (non-hydrogen) atoms. The fraction of sp³-hybridized carbons (Fsp3) is 0.600. The van der Waals surface area contributed by atoms with Gasteiger partial charge in [-0.15, -0.1) is 0 Å². The molecule has 0 spiro atoms. The summed E-state index contributed by atoms with van der Waals surface area (Å²) >= 11 is 0. The number of fused-ring (bicyclic) bond motifs is 1. The number of hydrogen-bond donors (Lipinski definition) is 4. The van der Waals surface area contributed by atoms with Crippen LogP contribution < -0.4 is 10.6 Å². The van der Waals surface area contributed by atoms with Crippen molar-refractivity contribution in [3.05, 3.63) is 11.9 Å². The molecule has 1 saturated heterocycles. The second kappa shape index (κ2) is 7.75. The number of carboxylic acid groups (broad SMARTS) is 2. The number of halogens is 6. The molecule has 0 aromatic rings. The van der Waals surface area contributed by atoms with Gasteiger partial charge in [0.05, 0.1) is 0 Å². The Morgan fingerprint density at radius 2 is 1.45 bits per heavy atom. The van der Waals surface area contributed by atoms with Crippen molar-refractivity contribution in [3.63, 3.8) is 0 Å². The van der Waals surface area contributed by atoms with E-state index in [4.69, 9.17) is 19.8 Å². The minimum Gasteiger partial charge on any atom is -0.475 e. The van der Waals surface area contributed by atoms with Crippen molar-refractivity contribution in [1.29, 1.82) is 0 Å². The molecule has 1 atom stereocenters. The maximum absolute atomic E-state index is 10.6. The predicted molar refractivity (Wildman–Crippen MR) is 59.6 cm³/mol. The lowest BCUT2D eigenvalue weighted by molar-refractivity contribution is -0.193. The van der Waals surface area contributed by atoms with Crippen molar-refractivity contribution in [2.75, 3.05) is 13.1 Å². The van der Waals surface area contributed by atoms with Gasteiger partial charge in [-0.1, -0.05) is 0 Å². The van der Waals surface area contributed by atoms with E-state index < -0.39 is 24.3 Å². The molecule has 6 nitrogen and oxygen atoms in total. The van der Waals surface area contributed by atoms with E-state index in [1.807, 2.05) is 0 Å². The molecular formula is C10H12F6N2O4. The Morgan fingerprint density at radius 3 is 1.77 bits per heavy atom. The smallest absolute Gasteiger partial charge is 0.475 e. The van der Waals surface area contributed by atoms with Gasteiger partial charge in [-0.25, -0.2) is 9.59 Å². The first-order chi connectivity index (χ1) is 9.85. The van der Waals surface area contributed by atoms with Gasteiger partial charge in [-0.3, -0.25) is 0 Å². The summed E-state index contributed by atoms with van der Waals surface area (Å²) in [5, 5.41) is 20.8. The van der Waals surface area contributed by atoms with E-state index in [2.05, 4.69) is 16.8 Å². The molecule has 2 rings (SSSR count). The molecule has 1 unspecified atom stereocenters. The van der Waals surface area contributed by atoms with Gasteiger partial charge in [0.15, 0.2) is 0 Å². The highest BCUT2D eigenvalue weighted by Gasteiger charge is 2.38. The van der Waals surface area contributed by atoms with Crippen LogP contribution in [-0.2, 0) is 9.59 Å². The number of carboxylic acids is 2. The lowest BCUT2D eigenvalue weighted by atomic mass is 10.1. The quantitative estimate of drug-likeness (QED) is 0.497. The van der Waals surface area contributed by atoms with Crippen LogP contribution in [0.15, 0.2) is 11.9 Å². The Hall–Kier alpha value is -2.14. The molecule has 0 bridgehead atoms. The molecule has 0 saturated carbocycles. The maximum Gasteiger partial charge on any atom is 0.490 e. The number of alkyl halides is 6. The maximum atomic E-state index is 10.6. The summed E-state index contributed by atoms with van der Waals surface area (Å²) in [5.74, 6) is -4.70. The molecule has 0 aromatic heterocycles. The van der Waals surface area contributed by atoms with E-state index in [0.717, 1.165) is 12.5 Å². The summed E-state index contributed by atoms with van der Waals surface area (Å²) in [6, 6.07) is 0. The summed E-state index contributed by atoms with van der Waals surface area (Å²) in [5.41, 5.74) is 1.42. The van der Waals surface area contributed by atoms with Crippen LogP contribution in [0.4, 0.5) is 26.3 Å². The molecule has 0 amide bonds. The van der Waals surface area contributed by atoms with Crippen LogP contribution in [0, 0.1) is 5.92 Å². The molecule has 2 aliphatic rings. The lowest BCUT2D eigenvalue weighted by Gasteiger charge is -1.97. The minimum atomic E-state index is -5.08. The standard InChI is InChI=1S/C6H10N2.2C2HF3O2/c1-2-8-6-4-7-3-5(1)6;2*3-2(4,5)1(6)7/h4-5,7-8H,1-3H2;2*(H,6,7). The van der Waals surface area contributed by atoms with Crippen molar-refractivity contribution in [3.8, 4) is 0 Å². The zero-order valence-corrected chi connectivity index (χ0v) is 10.8. The molecule has 2 heterocycles. The third kappa shape index (κ3) is 7.59. The van der Waals surface area contributed by atoms with Gasteiger partial charge in [0.2, 0.25) is 0 Å². The van der Waals surface area contributed by atoms with Crippen molar-refractivity contribution in [1.82, 2.24) is 10.6 Å². The first-order valence-corrected chi connectivity index (χ1v) is 5.63. The zero-order valence-electron chi connectivity index (χ0n) is 10.8. The fourth-order valence-electron chi connectivity index (χ4n) is 1.38. The van der Waals surface area contributed by atoms with E-state index in [0.29, 0.717) is 0 Å². The minimum absolute atomic E-state index is 0.815. The Morgan fingerprint density at radius 1 is 1.05 bits per heavy atom. The highest BCUT2D eigenvalue weighted by atomic mass is 19.4. The summed E-state index contributed by atoms with van der Waals surface area (Å²) in [4.78, 5) is 17.8. The van der Waals surface area contributed by atoms with Gasteiger partial charge >= 0.3 is 24.3 Å². The van der Waals surface area contributed by atoms with E-state index in [9.17, 15) is 26.3 Å². The Kier molecular flexibility index (Phi) is 7.00. The molecule has 2 aliphatic heterocycles. The highest BCUT2D eigenvalue weighted by molar-refractivity contribution is 5.73. The van der Waals surface area contributed by atoms with Gasteiger partial charge in [-0.05, 0) is 6.42 Å². The summed E-state index contributed by atoms with van der Waals surface area (Å²) < 4.78 is 63.5. The van der Waals surface area contributed by atoms with E-state index >= 15 is 0 Å². The van der Waals surface area contributed by atoms with Crippen LogP contribution >= 0.6 is 0 Å². The molecular weight excluding hydrogens is 326 g/mol. The molecule has 128 valence electrons. The number of carbonyl (C=O) groups is 2. The number of nitrogens with one attached hydrogen (secondary N) is 2. The summed E-state index contributed by atoms with van der Waals surface area (Å²) in [6.45, 7) is 2.33. The zero-order chi connectivity index (χ0) is 17.6. The van der Waals surface area contributed by atoms with Crippen LogP contribution in [0.2, 0.25) is 0 Å². The predicted octanol–water partition coefficient (Wildman–Crippen LogP) is 1.31. The van der Waals surface area contributed by atoms with Crippen LogP contribution in [-0.4, -0.2) is 47.6 Å². The topological polar surface area (TPSA) is 98.7 Å². The second-order valence-corrected chi connectivity index (χ2v) is 4.03. The van der Waals surface area contributed by atoms with Gasteiger partial charge in [0.1, 0.15) is 0 Å². The van der Waals surface area contributed by atoms with E-state index in [1.54, 1.807) is 0 Å². The Balaban J connectivity index is 0.000000303. The molecule has 12 heteroatoms. The van der Waals surface area contributed by atoms with Crippen LogP contribution in [0.3, 0.4) is 0 Å². The van der Waals surface area contributed by atoms with E-state index in [-0.39, 0.29) is 0 Å². The number of hydrogen-bond acceptors (Lipinski definition) is 4. The normalized spacial score (nSPS) is 19.2.